The number of rotatable bonds is 2. The second kappa shape index (κ2) is 5.80. The van der Waals surface area contributed by atoms with Gasteiger partial charge in [-0.25, -0.2) is 0 Å². The van der Waals surface area contributed by atoms with Gasteiger partial charge in [-0.2, -0.15) is 0 Å². The van der Waals surface area contributed by atoms with Gasteiger partial charge in [0.2, 0.25) is 0 Å². The third-order valence-corrected chi connectivity index (χ3v) is 4.55. The largest absolute Gasteiger partial charge is 0.384 e. The molecule has 1 atom stereocenters. The van der Waals surface area contributed by atoms with E-state index in [4.69, 9.17) is 11.6 Å². The molecule has 0 fully saturated rings. The molecule has 106 valence electrons. The highest BCUT2D eigenvalue weighted by Gasteiger charge is 2.18. The summed E-state index contributed by atoms with van der Waals surface area (Å²) in [6.07, 6.45) is -0.749. The molecule has 0 aliphatic carbocycles. The van der Waals surface area contributed by atoms with Gasteiger partial charge in [-0.1, -0.05) is 63.9 Å². The highest BCUT2D eigenvalue weighted by Crippen LogP contribution is 2.35. The number of fused-ring (bicyclic) bond motifs is 1. The van der Waals surface area contributed by atoms with Gasteiger partial charge in [0.15, 0.2) is 0 Å². The minimum absolute atomic E-state index is 0.568. The molecule has 3 aromatic carbocycles. The highest BCUT2D eigenvalue weighted by molar-refractivity contribution is 9.10. The SMILES string of the molecule is Cc1ccc2ccccc2c1C(O)c1cc(Br)ccc1Cl. The Morgan fingerprint density at radius 1 is 1.05 bits per heavy atom. The van der Waals surface area contributed by atoms with Crippen LogP contribution >= 0.6 is 27.5 Å². The predicted octanol–water partition coefficient (Wildman–Crippen LogP) is 5.65. The lowest BCUT2D eigenvalue weighted by atomic mass is 9.92. The molecule has 1 unspecified atom stereocenters. The molecule has 0 amide bonds. The van der Waals surface area contributed by atoms with Gasteiger partial charge in [-0.05, 0) is 47.0 Å². The molecule has 3 rings (SSSR count). The van der Waals surface area contributed by atoms with Crippen LogP contribution in [0.25, 0.3) is 10.8 Å². The number of hydrogen-bond acceptors (Lipinski definition) is 1. The van der Waals surface area contributed by atoms with Crippen LogP contribution in [0.5, 0.6) is 0 Å². The van der Waals surface area contributed by atoms with Crippen LogP contribution in [0.4, 0.5) is 0 Å². The molecule has 0 aliphatic heterocycles. The first-order chi connectivity index (χ1) is 10.1. The fraction of sp³-hybridized carbons (Fsp3) is 0.111. The molecule has 1 N–H and O–H groups in total. The van der Waals surface area contributed by atoms with Crippen molar-refractivity contribution in [3.05, 3.63) is 80.8 Å². The van der Waals surface area contributed by atoms with E-state index >= 15 is 0 Å². The molecule has 0 aromatic heterocycles. The first kappa shape index (κ1) is 14.6. The summed E-state index contributed by atoms with van der Waals surface area (Å²) in [4.78, 5) is 0. The van der Waals surface area contributed by atoms with E-state index in [1.807, 2.05) is 49.4 Å². The summed E-state index contributed by atoms with van der Waals surface area (Å²) in [6, 6.07) is 17.7. The summed E-state index contributed by atoms with van der Waals surface area (Å²) in [5.74, 6) is 0. The average Bonchev–Trinajstić information content (AvgIpc) is 2.49. The Bertz CT molecular complexity index is 813. The smallest absolute Gasteiger partial charge is 0.106 e. The van der Waals surface area contributed by atoms with E-state index in [1.54, 1.807) is 6.07 Å². The third-order valence-electron chi connectivity index (χ3n) is 3.71. The third kappa shape index (κ3) is 2.71. The van der Waals surface area contributed by atoms with E-state index in [-0.39, 0.29) is 0 Å². The van der Waals surface area contributed by atoms with E-state index in [2.05, 4.69) is 22.0 Å². The zero-order valence-corrected chi connectivity index (χ0v) is 13.8. The number of aliphatic hydroxyl groups is 1. The molecule has 0 aliphatic rings. The summed E-state index contributed by atoms with van der Waals surface area (Å²) in [5.41, 5.74) is 2.68. The van der Waals surface area contributed by atoms with Crippen molar-refractivity contribution in [3.8, 4) is 0 Å². The van der Waals surface area contributed by atoms with Crippen LogP contribution in [-0.2, 0) is 0 Å². The average molecular weight is 362 g/mol. The van der Waals surface area contributed by atoms with Gasteiger partial charge < -0.3 is 5.11 Å². The van der Waals surface area contributed by atoms with E-state index in [1.165, 1.54) is 0 Å². The standard InChI is InChI=1S/C18H14BrClO/c1-11-6-7-12-4-2-3-5-14(12)17(11)18(21)15-10-13(19)8-9-16(15)20/h2-10,18,21H,1H3. The number of benzene rings is 3. The Kier molecular flexibility index (Phi) is 4.03. The second-order valence-corrected chi connectivity index (χ2v) is 6.41. The quantitative estimate of drug-likeness (QED) is 0.625. The fourth-order valence-corrected chi connectivity index (χ4v) is 3.25. The molecule has 21 heavy (non-hydrogen) atoms. The number of halogens is 2. The van der Waals surface area contributed by atoms with Crippen molar-refractivity contribution in [2.24, 2.45) is 0 Å². The summed E-state index contributed by atoms with van der Waals surface area (Å²) in [7, 11) is 0. The molecular formula is C18H14BrClO. The predicted molar refractivity (Wildman–Crippen MR) is 91.9 cm³/mol. The van der Waals surface area contributed by atoms with Crippen molar-refractivity contribution < 1.29 is 5.11 Å². The topological polar surface area (TPSA) is 20.2 Å². The lowest BCUT2D eigenvalue weighted by Crippen LogP contribution is -2.04. The molecular weight excluding hydrogens is 348 g/mol. The molecule has 3 aromatic rings. The van der Waals surface area contributed by atoms with Crippen LogP contribution in [0.3, 0.4) is 0 Å². The van der Waals surface area contributed by atoms with Crippen molar-refractivity contribution in [1.82, 2.24) is 0 Å². The Hall–Kier alpha value is -1.35. The molecule has 3 heteroatoms. The fourth-order valence-electron chi connectivity index (χ4n) is 2.65. The van der Waals surface area contributed by atoms with Crippen molar-refractivity contribution >= 4 is 38.3 Å². The molecule has 0 spiro atoms. The van der Waals surface area contributed by atoms with Crippen LogP contribution in [0.1, 0.15) is 22.8 Å². The monoisotopic (exact) mass is 360 g/mol. The van der Waals surface area contributed by atoms with E-state index in [0.29, 0.717) is 10.6 Å². The minimum Gasteiger partial charge on any atom is -0.384 e. The van der Waals surface area contributed by atoms with Gasteiger partial charge in [-0.15, -0.1) is 0 Å². The maximum Gasteiger partial charge on any atom is 0.106 e. The molecule has 0 saturated carbocycles. The van der Waals surface area contributed by atoms with Crippen molar-refractivity contribution in [1.29, 1.82) is 0 Å². The van der Waals surface area contributed by atoms with Crippen LogP contribution in [0.15, 0.2) is 59.1 Å². The van der Waals surface area contributed by atoms with Crippen LogP contribution in [0, 0.1) is 6.92 Å². The summed E-state index contributed by atoms with van der Waals surface area (Å²) in [6.45, 7) is 2.01. The molecule has 0 saturated heterocycles. The second-order valence-electron chi connectivity index (χ2n) is 5.09. The van der Waals surface area contributed by atoms with Crippen molar-refractivity contribution in [2.75, 3.05) is 0 Å². The summed E-state index contributed by atoms with van der Waals surface area (Å²) >= 11 is 9.70. The van der Waals surface area contributed by atoms with Gasteiger partial charge in [-0.3, -0.25) is 0 Å². The normalized spacial score (nSPS) is 12.6. The lowest BCUT2D eigenvalue weighted by molar-refractivity contribution is 0.221. The van der Waals surface area contributed by atoms with E-state index in [0.717, 1.165) is 26.4 Å². The summed E-state index contributed by atoms with van der Waals surface area (Å²) in [5, 5.41) is 13.6. The number of hydrogen-bond donors (Lipinski definition) is 1. The zero-order valence-electron chi connectivity index (χ0n) is 11.5. The molecule has 0 heterocycles. The Balaban J connectivity index is 2.24. The van der Waals surface area contributed by atoms with Crippen LogP contribution in [-0.4, -0.2) is 5.11 Å². The molecule has 0 radical (unpaired) electrons. The van der Waals surface area contributed by atoms with Crippen LogP contribution in [0.2, 0.25) is 5.02 Å². The van der Waals surface area contributed by atoms with Gasteiger partial charge >= 0.3 is 0 Å². The summed E-state index contributed by atoms with van der Waals surface area (Å²) < 4.78 is 0.902. The van der Waals surface area contributed by atoms with Gasteiger partial charge in [0, 0.05) is 15.1 Å². The van der Waals surface area contributed by atoms with Gasteiger partial charge in [0.25, 0.3) is 0 Å². The molecule has 1 nitrogen and oxygen atoms in total. The Morgan fingerprint density at radius 3 is 2.62 bits per heavy atom. The van der Waals surface area contributed by atoms with E-state index < -0.39 is 6.10 Å². The van der Waals surface area contributed by atoms with E-state index in [9.17, 15) is 5.11 Å². The first-order valence-corrected chi connectivity index (χ1v) is 7.86. The zero-order chi connectivity index (χ0) is 15.0. The van der Waals surface area contributed by atoms with Crippen molar-refractivity contribution in [3.63, 3.8) is 0 Å². The maximum atomic E-state index is 10.9. The van der Waals surface area contributed by atoms with Gasteiger partial charge in [0.1, 0.15) is 6.10 Å². The van der Waals surface area contributed by atoms with Crippen LogP contribution < -0.4 is 0 Å². The first-order valence-electron chi connectivity index (χ1n) is 6.69. The van der Waals surface area contributed by atoms with Gasteiger partial charge in [0.05, 0.1) is 0 Å². The highest BCUT2D eigenvalue weighted by atomic mass is 79.9. The lowest BCUT2D eigenvalue weighted by Gasteiger charge is -2.18. The molecule has 0 bridgehead atoms. The number of aryl methyl sites for hydroxylation is 1. The Labute approximate surface area is 137 Å². The number of aliphatic hydroxyl groups excluding tert-OH is 1. The minimum atomic E-state index is -0.749. The maximum absolute atomic E-state index is 10.9. The Morgan fingerprint density at radius 2 is 1.81 bits per heavy atom. The van der Waals surface area contributed by atoms with Crippen molar-refractivity contribution in [2.45, 2.75) is 13.0 Å².